The number of amides is 1. The number of allylic oxidation sites excluding steroid dienone is 1. The summed E-state index contributed by atoms with van der Waals surface area (Å²) in [7, 11) is -3.83. The van der Waals surface area contributed by atoms with E-state index in [1.54, 1.807) is 0 Å². The summed E-state index contributed by atoms with van der Waals surface area (Å²) in [6, 6.07) is 5.22. The van der Waals surface area contributed by atoms with Crippen molar-refractivity contribution in [3.8, 4) is 0 Å². The highest BCUT2D eigenvalue weighted by molar-refractivity contribution is 7.89. The van der Waals surface area contributed by atoms with E-state index in [1.807, 2.05) is 0 Å². The molecule has 132 valence electrons. The maximum Gasteiger partial charge on any atom is 0.280 e. The maximum absolute atomic E-state index is 13.0. The van der Waals surface area contributed by atoms with Crippen LogP contribution in [-0.2, 0) is 10.0 Å². The van der Waals surface area contributed by atoms with Gasteiger partial charge < -0.3 is 10.6 Å². The molecule has 2 aromatic rings. The second kappa shape index (κ2) is 6.26. The van der Waals surface area contributed by atoms with Crippen molar-refractivity contribution in [2.45, 2.75) is 11.3 Å². The number of nitrogens with one attached hydrogen (secondary N) is 2. The van der Waals surface area contributed by atoms with Gasteiger partial charge in [-0.3, -0.25) is 4.79 Å². The number of carbonyl (C=O) groups excluding carboxylic acids is 1. The van der Waals surface area contributed by atoms with Gasteiger partial charge in [0.2, 0.25) is 10.0 Å². The van der Waals surface area contributed by atoms with Gasteiger partial charge in [-0.1, -0.05) is 0 Å². The molecule has 0 atom stereocenters. The Morgan fingerprint density at radius 2 is 2.00 bits per heavy atom. The van der Waals surface area contributed by atoms with Gasteiger partial charge in [0.1, 0.15) is 17.1 Å². The molecule has 1 aromatic carbocycles. The van der Waals surface area contributed by atoms with Crippen LogP contribution < -0.4 is 15.8 Å². The second-order valence-corrected chi connectivity index (χ2v) is 6.71. The highest BCUT2D eigenvalue weighted by atomic mass is 32.2. The molecule has 0 unspecified atom stereocenters. The van der Waals surface area contributed by atoms with Crippen LogP contribution >= 0.6 is 0 Å². The van der Waals surface area contributed by atoms with E-state index in [-0.39, 0.29) is 28.5 Å². The molecule has 0 spiro atoms. The first-order valence-electron chi connectivity index (χ1n) is 7.02. The van der Waals surface area contributed by atoms with Crippen molar-refractivity contribution in [1.29, 1.82) is 0 Å². The molecule has 11 heteroatoms. The standard InChI is InChI=1S/C14H13F2N5O3S/c15-12(16)11-5-6-18-13-10(7-19-21(11)13)14(22)20-8-1-3-9(4-2-8)25(17,23)24/h1-5,7,12,18H,6H2,(H,20,22)(H2,17,23,24). The van der Waals surface area contributed by atoms with Gasteiger partial charge in [-0.05, 0) is 30.3 Å². The third kappa shape index (κ3) is 3.37. The first kappa shape index (κ1) is 17.0. The van der Waals surface area contributed by atoms with Gasteiger partial charge in [0.05, 0.1) is 11.1 Å². The zero-order valence-corrected chi connectivity index (χ0v) is 13.4. The van der Waals surface area contributed by atoms with Gasteiger partial charge in [0.25, 0.3) is 12.3 Å². The molecule has 0 saturated carbocycles. The van der Waals surface area contributed by atoms with E-state index in [9.17, 15) is 22.0 Å². The van der Waals surface area contributed by atoms with Crippen LogP contribution in [0.3, 0.4) is 0 Å². The molecular formula is C14H13F2N5O3S. The molecule has 8 nitrogen and oxygen atoms in total. The summed E-state index contributed by atoms with van der Waals surface area (Å²) in [5, 5.41) is 14.2. The number of anilines is 2. The third-order valence-electron chi connectivity index (χ3n) is 3.50. The van der Waals surface area contributed by atoms with Gasteiger partial charge in [0.15, 0.2) is 0 Å². The summed E-state index contributed by atoms with van der Waals surface area (Å²) in [6.45, 7) is 0.148. The fourth-order valence-electron chi connectivity index (χ4n) is 2.33. The Labute approximate surface area is 141 Å². The van der Waals surface area contributed by atoms with Gasteiger partial charge in [-0.25, -0.2) is 27.0 Å². The van der Waals surface area contributed by atoms with E-state index in [2.05, 4.69) is 15.7 Å². The minimum atomic E-state index is -3.83. The molecule has 1 aliphatic heterocycles. The van der Waals surface area contributed by atoms with Gasteiger partial charge >= 0.3 is 0 Å². The number of nitrogens with two attached hydrogens (primary N) is 1. The van der Waals surface area contributed by atoms with Crippen molar-refractivity contribution in [1.82, 2.24) is 9.78 Å². The highest BCUT2D eigenvalue weighted by Crippen LogP contribution is 2.27. The van der Waals surface area contributed by atoms with Gasteiger partial charge in [0, 0.05) is 12.2 Å². The number of primary sulfonamides is 1. The molecule has 1 aromatic heterocycles. The number of rotatable bonds is 4. The zero-order valence-electron chi connectivity index (χ0n) is 12.6. The van der Waals surface area contributed by atoms with E-state index in [0.29, 0.717) is 5.69 Å². The summed E-state index contributed by atoms with van der Waals surface area (Å²) in [5.74, 6) is -0.413. The average Bonchev–Trinajstić information content (AvgIpc) is 2.98. The lowest BCUT2D eigenvalue weighted by Crippen LogP contribution is -2.21. The van der Waals surface area contributed by atoms with Gasteiger partial charge in [-0.2, -0.15) is 5.10 Å². The predicted molar refractivity (Wildman–Crippen MR) is 86.8 cm³/mol. The summed E-state index contributed by atoms with van der Waals surface area (Å²) >= 11 is 0. The Hall–Kier alpha value is -2.79. The Balaban J connectivity index is 1.82. The molecule has 4 N–H and O–H groups in total. The lowest BCUT2D eigenvalue weighted by atomic mass is 10.2. The number of nitrogens with zero attached hydrogens (tertiary/aromatic N) is 2. The van der Waals surface area contributed by atoms with Crippen LogP contribution in [0.1, 0.15) is 10.4 Å². The van der Waals surface area contributed by atoms with Crippen molar-refractivity contribution in [2.75, 3.05) is 17.2 Å². The predicted octanol–water partition coefficient (Wildman–Crippen LogP) is 1.31. The van der Waals surface area contributed by atoms with Crippen molar-refractivity contribution in [3.05, 3.63) is 42.1 Å². The largest absolute Gasteiger partial charge is 0.366 e. The first-order chi connectivity index (χ1) is 11.8. The molecule has 1 amide bonds. The molecule has 25 heavy (non-hydrogen) atoms. The van der Waals surface area contributed by atoms with Crippen molar-refractivity contribution >= 4 is 33.1 Å². The fourth-order valence-corrected chi connectivity index (χ4v) is 2.84. The zero-order chi connectivity index (χ0) is 18.2. The average molecular weight is 369 g/mol. The van der Waals surface area contributed by atoms with Crippen LogP contribution in [0.5, 0.6) is 0 Å². The number of fused-ring (bicyclic) bond motifs is 1. The molecule has 0 aliphatic carbocycles. The number of carbonyl (C=O) groups is 1. The molecule has 0 fully saturated rings. The number of sulfonamides is 1. The van der Waals surface area contributed by atoms with E-state index >= 15 is 0 Å². The summed E-state index contributed by atoms with van der Waals surface area (Å²) in [5.41, 5.74) is 0.102. The van der Waals surface area contributed by atoms with Crippen molar-refractivity contribution < 1.29 is 22.0 Å². The monoisotopic (exact) mass is 369 g/mol. The van der Waals surface area contributed by atoms with Crippen LogP contribution in [0, 0.1) is 0 Å². The maximum atomic E-state index is 13.0. The van der Waals surface area contributed by atoms with Crippen LogP contribution in [0.4, 0.5) is 20.3 Å². The van der Waals surface area contributed by atoms with Gasteiger partial charge in [-0.15, -0.1) is 0 Å². The fraction of sp³-hybridized carbons (Fsp3) is 0.143. The van der Waals surface area contributed by atoms with E-state index in [1.165, 1.54) is 36.5 Å². The normalized spacial score (nSPS) is 13.8. The molecule has 0 radical (unpaired) electrons. The van der Waals surface area contributed by atoms with Crippen LogP contribution in [-0.4, -0.2) is 37.1 Å². The Morgan fingerprint density at radius 3 is 2.60 bits per heavy atom. The number of halogens is 2. The minimum absolute atomic E-state index is 0.0850. The van der Waals surface area contributed by atoms with Crippen LogP contribution in [0.2, 0.25) is 0 Å². The number of hydrogen-bond donors (Lipinski definition) is 3. The third-order valence-corrected chi connectivity index (χ3v) is 4.43. The smallest absolute Gasteiger partial charge is 0.280 e. The number of benzene rings is 1. The quantitative estimate of drug-likeness (QED) is 0.751. The molecule has 1 aliphatic rings. The summed E-state index contributed by atoms with van der Waals surface area (Å²) in [6.07, 6.45) is -0.251. The summed E-state index contributed by atoms with van der Waals surface area (Å²) < 4.78 is 49.3. The molecule has 3 rings (SSSR count). The minimum Gasteiger partial charge on any atom is -0.366 e. The number of hydrogen-bond acceptors (Lipinski definition) is 5. The lowest BCUT2D eigenvalue weighted by molar-refractivity contribution is 0.102. The number of alkyl halides is 2. The first-order valence-corrected chi connectivity index (χ1v) is 8.56. The Morgan fingerprint density at radius 1 is 1.32 bits per heavy atom. The lowest BCUT2D eigenvalue weighted by Gasteiger charge is -2.18. The molecular weight excluding hydrogens is 356 g/mol. The second-order valence-electron chi connectivity index (χ2n) is 5.15. The van der Waals surface area contributed by atoms with E-state index < -0.39 is 22.4 Å². The highest BCUT2D eigenvalue weighted by Gasteiger charge is 2.25. The Kier molecular flexibility index (Phi) is 4.27. The molecule has 0 saturated heterocycles. The Bertz CT molecular complexity index is 951. The van der Waals surface area contributed by atoms with Crippen molar-refractivity contribution in [2.24, 2.45) is 5.14 Å². The summed E-state index contributed by atoms with van der Waals surface area (Å²) in [4.78, 5) is 12.3. The SMILES string of the molecule is NS(=O)(=O)c1ccc(NC(=O)c2cnn3c2NCC=C3C(F)F)cc1. The van der Waals surface area contributed by atoms with E-state index in [0.717, 1.165) is 4.68 Å². The van der Waals surface area contributed by atoms with Crippen molar-refractivity contribution in [3.63, 3.8) is 0 Å². The number of aromatic nitrogens is 2. The van der Waals surface area contributed by atoms with Crippen LogP contribution in [0.15, 0.2) is 41.4 Å². The van der Waals surface area contributed by atoms with E-state index in [4.69, 9.17) is 5.14 Å². The molecule has 0 bridgehead atoms. The van der Waals surface area contributed by atoms with Crippen LogP contribution in [0.25, 0.3) is 5.70 Å². The molecule has 2 heterocycles. The topological polar surface area (TPSA) is 119 Å².